The Morgan fingerprint density at radius 3 is 0.812 bits per heavy atom. The van der Waals surface area contributed by atoms with Crippen LogP contribution < -0.4 is 35.4 Å². The van der Waals surface area contributed by atoms with E-state index in [0.717, 1.165) is 13.1 Å². The number of benzene rings is 4. The number of rotatable bonds is 9. The lowest BCUT2D eigenvalue weighted by molar-refractivity contribution is -0.00100. The topological polar surface area (TPSA) is 24.1 Å². The fourth-order valence-electron chi connectivity index (χ4n) is 3.87. The summed E-state index contributed by atoms with van der Waals surface area (Å²) in [6, 6.07) is 43.0. The zero-order chi connectivity index (χ0) is 20.4. The lowest BCUT2D eigenvalue weighted by Gasteiger charge is -2.23. The van der Waals surface area contributed by atoms with Crippen LogP contribution in [0.5, 0.6) is 0 Å². The highest BCUT2D eigenvalue weighted by atomic mass is 35.5. The van der Waals surface area contributed by atoms with Crippen LogP contribution in [0.15, 0.2) is 121 Å². The number of hydrogen-bond acceptors (Lipinski definition) is 2. The van der Waals surface area contributed by atoms with Crippen molar-refractivity contribution in [2.75, 3.05) is 13.1 Å². The third kappa shape index (κ3) is 6.94. The van der Waals surface area contributed by atoms with Gasteiger partial charge in [-0.25, -0.2) is 0 Å². The third-order valence-electron chi connectivity index (χ3n) is 5.35. The summed E-state index contributed by atoms with van der Waals surface area (Å²) in [7, 11) is 0. The van der Waals surface area contributed by atoms with Crippen LogP contribution in [0, 0.1) is 0 Å². The van der Waals surface area contributed by atoms with Crippen LogP contribution in [0.2, 0.25) is 0 Å². The second kappa shape index (κ2) is 13.7. The second-order valence-corrected chi connectivity index (χ2v) is 7.42. The average molecular weight is 463 g/mol. The minimum atomic E-state index is 0. The standard InChI is InChI=1S/C28H28N2.2ClH/c1-5-13-23(14-6-1)27(24-15-7-2-8-16-24)29-21-22-30-28(25-17-9-3-10-18-25)26-19-11-4-12-20-26;;/h1-20,27-30H,21-22H2;2*1H/p-2. The molecule has 0 radical (unpaired) electrons. The van der Waals surface area contributed by atoms with Gasteiger partial charge in [0.1, 0.15) is 0 Å². The molecule has 0 unspecified atom stereocenters. The van der Waals surface area contributed by atoms with Crippen LogP contribution >= 0.6 is 0 Å². The largest absolute Gasteiger partial charge is 1.00 e. The Morgan fingerprint density at radius 2 is 0.594 bits per heavy atom. The van der Waals surface area contributed by atoms with Crippen molar-refractivity contribution in [2.24, 2.45) is 0 Å². The molecule has 4 aromatic rings. The molecule has 0 saturated heterocycles. The number of halogens is 2. The summed E-state index contributed by atoms with van der Waals surface area (Å²) < 4.78 is 0. The molecule has 0 bridgehead atoms. The summed E-state index contributed by atoms with van der Waals surface area (Å²) >= 11 is 0. The van der Waals surface area contributed by atoms with Crippen molar-refractivity contribution in [3.63, 3.8) is 0 Å². The van der Waals surface area contributed by atoms with Gasteiger partial charge in [-0.15, -0.1) is 0 Å². The van der Waals surface area contributed by atoms with Gasteiger partial charge in [0.25, 0.3) is 0 Å². The van der Waals surface area contributed by atoms with E-state index in [9.17, 15) is 0 Å². The van der Waals surface area contributed by atoms with Gasteiger partial charge in [-0.3, -0.25) is 0 Å². The zero-order valence-electron chi connectivity index (χ0n) is 17.9. The van der Waals surface area contributed by atoms with Crippen LogP contribution in [0.3, 0.4) is 0 Å². The molecular formula is C28H28Cl2N2-2. The highest BCUT2D eigenvalue weighted by Gasteiger charge is 2.15. The molecule has 0 aromatic heterocycles. The van der Waals surface area contributed by atoms with Gasteiger partial charge in [0.05, 0.1) is 12.1 Å². The van der Waals surface area contributed by atoms with Gasteiger partial charge in [-0.05, 0) is 22.3 Å². The molecule has 166 valence electrons. The van der Waals surface area contributed by atoms with Crippen molar-refractivity contribution in [2.45, 2.75) is 12.1 Å². The number of hydrogen-bond donors (Lipinski definition) is 2. The fraction of sp³-hybridized carbons (Fsp3) is 0.143. The molecule has 2 N–H and O–H groups in total. The summed E-state index contributed by atoms with van der Waals surface area (Å²) in [4.78, 5) is 0. The van der Waals surface area contributed by atoms with Gasteiger partial charge in [-0.1, -0.05) is 121 Å². The molecule has 4 aromatic carbocycles. The Kier molecular flexibility index (Phi) is 11.0. The molecule has 0 aliphatic carbocycles. The molecule has 4 heteroatoms. The summed E-state index contributed by atoms with van der Waals surface area (Å²) in [5.41, 5.74) is 5.13. The molecule has 4 rings (SSSR count). The first kappa shape index (κ1) is 25.6. The summed E-state index contributed by atoms with van der Waals surface area (Å²) in [6.07, 6.45) is 0. The smallest absolute Gasteiger partial charge is 0.0577 e. The second-order valence-electron chi connectivity index (χ2n) is 7.42. The molecule has 0 amide bonds. The van der Waals surface area contributed by atoms with E-state index in [1.807, 2.05) is 0 Å². The molecule has 0 aliphatic heterocycles. The van der Waals surface area contributed by atoms with Crippen molar-refractivity contribution in [3.8, 4) is 0 Å². The molecular weight excluding hydrogens is 435 g/mol. The van der Waals surface area contributed by atoms with Crippen LogP contribution in [-0.4, -0.2) is 13.1 Å². The van der Waals surface area contributed by atoms with Crippen molar-refractivity contribution in [1.82, 2.24) is 10.6 Å². The summed E-state index contributed by atoms with van der Waals surface area (Å²) in [5, 5.41) is 7.50. The average Bonchev–Trinajstić information content (AvgIpc) is 2.84. The molecule has 0 aliphatic rings. The highest BCUT2D eigenvalue weighted by Crippen LogP contribution is 2.23. The predicted molar refractivity (Wildman–Crippen MR) is 125 cm³/mol. The Morgan fingerprint density at radius 1 is 0.375 bits per heavy atom. The maximum atomic E-state index is 3.75. The van der Waals surface area contributed by atoms with E-state index in [2.05, 4.69) is 132 Å². The van der Waals surface area contributed by atoms with Crippen LogP contribution in [-0.2, 0) is 0 Å². The van der Waals surface area contributed by atoms with Gasteiger partial charge in [0, 0.05) is 13.1 Å². The van der Waals surface area contributed by atoms with Crippen LogP contribution in [0.25, 0.3) is 0 Å². The molecule has 32 heavy (non-hydrogen) atoms. The van der Waals surface area contributed by atoms with Gasteiger partial charge in [0.2, 0.25) is 0 Å². The predicted octanol–water partition coefficient (Wildman–Crippen LogP) is -0.247. The maximum absolute atomic E-state index is 3.75. The fourth-order valence-corrected chi connectivity index (χ4v) is 3.87. The normalized spacial score (nSPS) is 10.4. The highest BCUT2D eigenvalue weighted by molar-refractivity contribution is 5.33. The Hall–Kier alpha value is -2.62. The van der Waals surface area contributed by atoms with Crippen molar-refractivity contribution in [1.29, 1.82) is 0 Å². The van der Waals surface area contributed by atoms with Crippen LogP contribution in [0.4, 0.5) is 0 Å². The third-order valence-corrected chi connectivity index (χ3v) is 5.35. The van der Waals surface area contributed by atoms with Crippen molar-refractivity contribution >= 4 is 0 Å². The molecule has 2 nitrogen and oxygen atoms in total. The molecule has 0 spiro atoms. The van der Waals surface area contributed by atoms with E-state index >= 15 is 0 Å². The van der Waals surface area contributed by atoms with E-state index in [0.29, 0.717) is 0 Å². The Bertz CT molecular complexity index is 833. The summed E-state index contributed by atoms with van der Waals surface area (Å²) in [5.74, 6) is 0. The maximum Gasteiger partial charge on any atom is 0.0577 e. The Balaban J connectivity index is 0.00000181. The van der Waals surface area contributed by atoms with E-state index in [4.69, 9.17) is 0 Å². The zero-order valence-corrected chi connectivity index (χ0v) is 19.4. The molecule has 0 fully saturated rings. The first-order chi connectivity index (χ1) is 14.9. The quantitative estimate of drug-likeness (QED) is 0.335. The molecule has 0 atom stereocenters. The SMILES string of the molecule is [Cl-].[Cl-].c1ccc(C(NCCNC(c2ccccc2)c2ccccc2)c2ccccc2)cc1. The minimum absolute atomic E-state index is 0. The van der Waals surface area contributed by atoms with Crippen molar-refractivity contribution < 1.29 is 24.8 Å². The first-order valence-electron chi connectivity index (χ1n) is 10.6. The van der Waals surface area contributed by atoms with Gasteiger partial charge in [0.15, 0.2) is 0 Å². The Labute approximate surface area is 203 Å². The van der Waals surface area contributed by atoms with E-state index in [-0.39, 0.29) is 36.9 Å². The van der Waals surface area contributed by atoms with Crippen LogP contribution in [0.1, 0.15) is 34.3 Å². The van der Waals surface area contributed by atoms with Gasteiger partial charge in [-0.2, -0.15) is 0 Å². The van der Waals surface area contributed by atoms with E-state index < -0.39 is 0 Å². The first-order valence-corrected chi connectivity index (χ1v) is 10.6. The number of nitrogens with one attached hydrogen (secondary N) is 2. The van der Waals surface area contributed by atoms with Gasteiger partial charge >= 0.3 is 0 Å². The van der Waals surface area contributed by atoms with E-state index in [1.54, 1.807) is 0 Å². The lowest BCUT2D eigenvalue weighted by atomic mass is 9.98. The molecule has 0 heterocycles. The lowest BCUT2D eigenvalue weighted by Crippen LogP contribution is -3.00. The monoisotopic (exact) mass is 462 g/mol. The minimum Gasteiger partial charge on any atom is -1.00 e. The van der Waals surface area contributed by atoms with Crippen molar-refractivity contribution in [3.05, 3.63) is 144 Å². The summed E-state index contributed by atoms with van der Waals surface area (Å²) in [6.45, 7) is 1.73. The van der Waals surface area contributed by atoms with Gasteiger partial charge < -0.3 is 35.4 Å². The van der Waals surface area contributed by atoms with E-state index in [1.165, 1.54) is 22.3 Å². The molecule has 0 saturated carbocycles.